The molecule has 0 aromatic carbocycles. The molecule has 309 valence electrons. The molecule has 14 nitrogen and oxygen atoms in total. The summed E-state index contributed by atoms with van der Waals surface area (Å²) in [5.74, 6) is -3.69. The second kappa shape index (κ2) is 23.6. The molecule has 0 aromatic heterocycles. The zero-order chi connectivity index (χ0) is 39.7. The second-order valence-electron chi connectivity index (χ2n) is 16.9. The number of hydrogen-bond donors (Lipinski definition) is 4. The number of allylic oxidation sites excluding steroid dienone is 1. The fourth-order valence-electron chi connectivity index (χ4n) is 8.43. The molecule has 5 N–H and O–H groups in total. The van der Waals surface area contributed by atoms with Gasteiger partial charge in [-0.05, 0) is 92.0 Å². The van der Waals surface area contributed by atoms with Gasteiger partial charge in [0, 0.05) is 156 Å². The minimum absolute atomic E-state index is 0. The summed E-state index contributed by atoms with van der Waals surface area (Å²) in [5, 5.41) is 34.0. The third-order valence-electron chi connectivity index (χ3n) is 11.3. The number of Topliss-reactive ketones (excluding diaryl/α,β-unsaturated/α-hetero) is 1. The topological polar surface area (TPSA) is 197 Å². The minimum atomic E-state index is -1.70. The van der Waals surface area contributed by atoms with Crippen LogP contribution in [0, 0.1) is 155 Å². The zero-order valence-electron chi connectivity index (χ0n) is 35.2. The van der Waals surface area contributed by atoms with Gasteiger partial charge in [0.15, 0.2) is 18.4 Å². The molecule has 15 atom stereocenters. The number of ketones is 1. The third-order valence-corrected chi connectivity index (χ3v) is 11.3. The van der Waals surface area contributed by atoms with Crippen LogP contribution >= 0.6 is 0 Å². The van der Waals surface area contributed by atoms with E-state index in [-0.39, 0.29) is 175 Å². The predicted molar refractivity (Wildman–Crippen MR) is 192 cm³/mol. The maximum atomic E-state index is 14.1. The Morgan fingerprint density at radius 1 is 0.982 bits per heavy atom. The van der Waals surface area contributed by atoms with Crippen molar-refractivity contribution in [3.63, 3.8) is 0 Å². The summed E-state index contributed by atoms with van der Waals surface area (Å²) in [6, 6.07) is -0.343. The number of nitrogens with two attached hydrogens (primary N) is 1. The molecule has 0 aromatic rings. The van der Waals surface area contributed by atoms with Crippen LogP contribution in [0.15, 0.2) is 11.6 Å². The number of esters is 1. The SMILES string of the molecule is CC[C@H]1OC(=O)[C@H](C)[C@@H](O[C@H]2CC(C)(C)[C@@H](O)[C@H](C)O2)[C@H](C)[C@@H](OC2O[C@H](C)C[C@H](N(C)C)[C@H]2O)[C@](C)(OC(N)=O)C[C@@H](C)C(=O)/C(C)=C/[C@]1(C)O.[Ac].[Ac].[Ac]. The number of amides is 1. The first-order valence-electron chi connectivity index (χ1n) is 18.6. The van der Waals surface area contributed by atoms with Crippen LogP contribution < -0.4 is 5.73 Å². The average Bonchev–Trinajstić information content (AvgIpc) is 3.02. The molecule has 0 bridgehead atoms. The first kappa shape index (κ1) is 57.2. The number of rotatable bonds is 7. The number of aliphatic hydroxyl groups is 3. The fourth-order valence-corrected chi connectivity index (χ4v) is 8.43. The van der Waals surface area contributed by atoms with Crippen LogP contribution in [0.1, 0.15) is 102 Å². The maximum Gasteiger partial charge on any atom is 0.405 e. The van der Waals surface area contributed by atoms with Gasteiger partial charge in [0.25, 0.3) is 0 Å². The maximum absolute atomic E-state index is 14.1. The van der Waals surface area contributed by atoms with Gasteiger partial charge in [-0.3, -0.25) is 9.59 Å². The van der Waals surface area contributed by atoms with Gasteiger partial charge in [-0.15, -0.1) is 0 Å². The number of aliphatic hydroxyl groups excluding tert-OH is 2. The Kier molecular flexibility index (Phi) is 24.5. The first-order valence-corrected chi connectivity index (χ1v) is 18.6. The van der Waals surface area contributed by atoms with Crippen LogP contribution in [0.2, 0.25) is 0 Å². The van der Waals surface area contributed by atoms with Gasteiger partial charge in [0.1, 0.15) is 29.5 Å². The van der Waals surface area contributed by atoms with Crippen molar-refractivity contribution < 1.29 is 190 Å². The molecule has 0 aliphatic carbocycles. The summed E-state index contributed by atoms with van der Waals surface area (Å²) < 4.78 is 37.7. The smallest absolute Gasteiger partial charge is 0.405 e. The Balaban J connectivity index is 0.00000972. The number of cyclic esters (lactones) is 1. The molecule has 0 spiro atoms. The van der Waals surface area contributed by atoms with Crippen LogP contribution in [-0.4, -0.2) is 125 Å². The monoisotopic (exact) mass is 1420 g/mol. The van der Waals surface area contributed by atoms with Gasteiger partial charge in [0.05, 0.1) is 30.3 Å². The van der Waals surface area contributed by atoms with E-state index in [1.54, 1.807) is 48.5 Å². The minimum Gasteiger partial charge on any atom is -0.459 e. The van der Waals surface area contributed by atoms with Crippen LogP contribution in [-0.2, 0) is 38.0 Å². The molecular formula is C38H66Ac3N2O12. The van der Waals surface area contributed by atoms with Gasteiger partial charge in [-0.2, -0.15) is 0 Å². The first-order chi connectivity index (χ1) is 23.8. The van der Waals surface area contributed by atoms with Crippen molar-refractivity contribution in [2.24, 2.45) is 28.9 Å². The Morgan fingerprint density at radius 3 is 2.07 bits per heavy atom. The van der Waals surface area contributed by atoms with Crippen LogP contribution in [0.3, 0.4) is 0 Å². The zero-order valence-corrected chi connectivity index (χ0v) is 49.4. The number of nitrogens with zero attached hydrogens (tertiary/aromatic N) is 1. The molecular weight excluding hydrogens is 1360 g/mol. The van der Waals surface area contributed by atoms with E-state index in [1.807, 2.05) is 39.8 Å². The summed E-state index contributed by atoms with van der Waals surface area (Å²) in [5.41, 5.74) is 1.96. The van der Waals surface area contributed by atoms with Crippen molar-refractivity contribution in [2.75, 3.05) is 14.1 Å². The number of ether oxygens (including phenoxy) is 6. The summed E-state index contributed by atoms with van der Waals surface area (Å²) in [4.78, 5) is 42.6. The largest absolute Gasteiger partial charge is 0.459 e. The van der Waals surface area contributed by atoms with Gasteiger partial charge in [0.2, 0.25) is 0 Å². The van der Waals surface area contributed by atoms with Crippen molar-refractivity contribution in [2.45, 2.75) is 174 Å². The molecule has 3 rings (SSSR count). The van der Waals surface area contributed by atoms with Crippen LogP contribution in [0.4, 0.5) is 4.79 Å². The van der Waals surface area contributed by atoms with E-state index in [2.05, 4.69) is 0 Å². The Labute approximate surface area is 435 Å². The summed E-state index contributed by atoms with van der Waals surface area (Å²) in [6.45, 7) is 18.9. The molecule has 2 fully saturated rings. The van der Waals surface area contributed by atoms with Crippen LogP contribution in [0.25, 0.3) is 0 Å². The van der Waals surface area contributed by atoms with E-state index in [9.17, 15) is 29.7 Å². The molecule has 1 unspecified atom stereocenters. The van der Waals surface area contributed by atoms with Crippen molar-refractivity contribution >= 4 is 17.8 Å². The van der Waals surface area contributed by atoms with Crippen molar-refractivity contribution in [3.05, 3.63) is 11.6 Å². The number of likely N-dealkylation sites (N-methyl/N-ethyl adjacent to an activating group) is 1. The van der Waals surface area contributed by atoms with E-state index >= 15 is 0 Å². The standard InChI is InChI=1S/C38H66N2O12.3Ac/c1-14-26-37(10,46)16-19(2)28(41)20(3)17-38(11,52-35(39)45)32(51-34-29(42)25(40(12)13)15-21(4)47-34)22(5)30(23(6)33(44)49-26)50-27-18-36(8,9)31(43)24(7)48-27;;;/h16,20-27,29-32,34,42-43,46H,14-15,17-18H2,1-13H3,(H2,39,45);;;/b19-16+;;;/t20-,21-,22+,23-,24+,25+,26-,27+,29-,30+,31+,32-,34?,37+,38-;;;/m1.../s1. The summed E-state index contributed by atoms with van der Waals surface area (Å²) in [6.07, 6.45) is -6.98. The number of carbonyl (C=O) groups excluding carboxylic acids is 3. The Morgan fingerprint density at radius 2 is 1.56 bits per heavy atom. The van der Waals surface area contributed by atoms with E-state index in [4.69, 9.17) is 34.2 Å². The van der Waals surface area contributed by atoms with Gasteiger partial charge in [-0.1, -0.05) is 34.6 Å². The summed E-state index contributed by atoms with van der Waals surface area (Å²) >= 11 is 0. The van der Waals surface area contributed by atoms with Gasteiger partial charge >= 0.3 is 12.1 Å². The molecule has 3 aliphatic rings. The molecule has 3 heterocycles. The Hall–Kier alpha value is 2.15. The number of hydrogen-bond acceptors (Lipinski definition) is 13. The molecule has 17 heteroatoms. The Bertz CT molecular complexity index is 1310. The third kappa shape index (κ3) is 14.6. The predicted octanol–water partition coefficient (Wildman–Crippen LogP) is 3.46. The normalized spacial score (nSPS) is 42.6. The second-order valence-corrected chi connectivity index (χ2v) is 16.9. The molecule has 3 aliphatic heterocycles. The number of carbonyl (C=O) groups is 3. The molecule has 2 saturated heterocycles. The van der Waals surface area contributed by atoms with Gasteiger partial charge in [-0.25, -0.2) is 4.79 Å². The van der Waals surface area contributed by atoms with E-state index < -0.39 is 95.6 Å². The molecule has 3 radical (unpaired) electrons. The van der Waals surface area contributed by atoms with Crippen molar-refractivity contribution in [3.8, 4) is 0 Å². The average molecular weight is 1420 g/mol. The van der Waals surface area contributed by atoms with Crippen molar-refractivity contribution in [1.82, 2.24) is 4.90 Å². The van der Waals surface area contributed by atoms with E-state index in [1.165, 1.54) is 13.0 Å². The number of primary amides is 1. The quantitative estimate of drug-likeness (QED) is 0.271. The molecule has 0 saturated carbocycles. The molecule has 1 amide bonds. The van der Waals surface area contributed by atoms with Gasteiger partial charge < -0.3 is 54.4 Å². The van der Waals surface area contributed by atoms with Crippen LogP contribution in [0.5, 0.6) is 0 Å². The summed E-state index contributed by atoms with van der Waals surface area (Å²) in [7, 11) is 3.69. The van der Waals surface area contributed by atoms with E-state index in [0.29, 0.717) is 6.42 Å². The van der Waals surface area contributed by atoms with Crippen molar-refractivity contribution in [1.29, 1.82) is 0 Å². The van der Waals surface area contributed by atoms with E-state index in [0.717, 1.165) is 0 Å². The fraction of sp³-hybridized carbons (Fsp3) is 0.868. The molecule has 55 heavy (non-hydrogen) atoms.